The van der Waals surface area contributed by atoms with Crippen molar-refractivity contribution in [2.45, 2.75) is 32.0 Å². The number of hydrogen-bond donors (Lipinski definition) is 3. The van der Waals surface area contributed by atoms with E-state index in [1.54, 1.807) is 0 Å². The van der Waals surface area contributed by atoms with Crippen LogP contribution in [0.5, 0.6) is 0 Å². The molecule has 0 bridgehead atoms. The summed E-state index contributed by atoms with van der Waals surface area (Å²) in [6, 6.07) is 11.5. The van der Waals surface area contributed by atoms with Crippen LogP contribution in [0.1, 0.15) is 13.3 Å². The van der Waals surface area contributed by atoms with Gasteiger partial charge < -0.3 is 20.1 Å². The predicted octanol–water partition coefficient (Wildman–Crippen LogP) is 3.82. The second-order valence-electron chi connectivity index (χ2n) is 6.28. The van der Waals surface area contributed by atoms with Crippen molar-refractivity contribution in [3.63, 3.8) is 0 Å². The van der Waals surface area contributed by atoms with Gasteiger partial charge in [-0.15, -0.1) is 0 Å². The van der Waals surface area contributed by atoms with Crippen molar-refractivity contribution in [2.24, 2.45) is 0 Å². The van der Waals surface area contributed by atoms with Crippen molar-refractivity contribution in [3.05, 3.63) is 46.4 Å². The van der Waals surface area contributed by atoms with Gasteiger partial charge in [-0.05, 0) is 42.8 Å². The Morgan fingerprint density at radius 3 is 2.08 bits per heavy atom. The third-order valence-corrected chi connectivity index (χ3v) is 5.01. The van der Waals surface area contributed by atoms with Gasteiger partial charge in [-0.3, -0.25) is 0 Å². The van der Waals surface area contributed by atoms with E-state index in [4.69, 9.17) is 23.2 Å². The molecule has 25 heavy (non-hydrogen) atoms. The number of aromatic nitrogens is 1. The van der Waals surface area contributed by atoms with Crippen LogP contribution in [-0.2, 0) is 6.54 Å². The lowest BCUT2D eigenvalue weighted by Crippen LogP contribution is -2.38. The summed E-state index contributed by atoms with van der Waals surface area (Å²) in [5.74, 6) is 0. The number of rotatable bonds is 7. The Hall–Kier alpha value is -1.30. The summed E-state index contributed by atoms with van der Waals surface area (Å²) >= 11 is 12.3. The maximum absolute atomic E-state index is 10.5. The Morgan fingerprint density at radius 2 is 1.60 bits per heavy atom. The van der Waals surface area contributed by atoms with Gasteiger partial charge in [0.15, 0.2) is 0 Å². The zero-order valence-corrected chi connectivity index (χ0v) is 15.6. The van der Waals surface area contributed by atoms with Crippen molar-refractivity contribution in [3.8, 4) is 0 Å². The molecule has 0 saturated carbocycles. The van der Waals surface area contributed by atoms with E-state index in [-0.39, 0.29) is 12.6 Å². The smallest absolute Gasteiger partial charge is 0.0843 e. The summed E-state index contributed by atoms with van der Waals surface area (Å²) in [5.41, 5.74) is 2.02. The van der Waals surface area contributed by atoms with E-state index in [0.717, 1.165) is 28.2 Å². The molecule has 3 rings (SSSR count). The average Bonchev–Trinajstić information content (AvgIpc) is 2.88. The molecule has 3 aromatic rings. The van der Waals surface area contributed by atoms with E-state index in [0.29, 0.717) is 23.1 Å². The summed E-state index contributed by atoms with van der Waals surface area (Å²) in [6.45, 7) is 2.93. The first-order valence-electron chi connectivity index (χ1n) is 8.42. The Balaban J connectivity index is 1.94. The minimum Gasteiger partial charge on any atom is -0.395 e. The molecule has 3 N–H and O–H groups in total. The molecule has 1 aromatic heterocycles. The van der Waals surface area contributed by atoms with E-state index >= 15 is 0 Å². The molecular formula is C19H22Cl2N2O2. The summed E-state index contributed by atoms with van der Waals surface area (Å²) < 4.78 is 2.09. The zero-order chi connectivity index (χ0) is 18.0. The van der Waals surface area contributed by atoms with Crippen LogP contribution in [0.15, 0.2) is 36.4 Å². The highest BCUT2D eigenvalue weighted by Gasteiger charge is 2.15. The van der Waals surface area contributed by atoms with Gasteiger partial charge in [-0.2, -0.15) is 0 Å². The zero-order valence-electron chi connectivity index (χ0n) is 14.0. The van der Waals surface area contributed by atoms with Gasteiger partial charge in [0.1, 0.15) is 0 Å². The molecule has 0 fully saturated rings. The van der Waals surface area contributed by atoms with Crippen molar-refractivity contribution in [2.75, 3.05) is 13.2 Å². The maximum atomic E-state index is 10.5. The van der Waals surface area contributed by atoms with Crippen molar-refractivity contribution >= 4 is 45.0 Å². The molecule has 0 aliphatic carbocycles. The predicted molar refractivity (Wildman–Crippen MR) is 105 cm³/mol. The van der Waals surface area contributed by atoms with Crippen LogP contribution in [0.4, 0.5) is 0 Å². The molecular weight excluding hydrogens is 359 g/mol. The van der Waals surface area contributed by atoms with Crippen molar-refractivity contribution in [1.29, 1.82) is 0 Å². The fraction of sp³-hybridized carbons (Fsp3) is 0.368. The molecule has 1 heterocycles. The number of benzene rings is 2. The number of hydrogen-bond acceptors (Lipinski definition) is 3. The van der Waals surface area contributed by atoms with Gasteiger partial charge in [0.05, 0.1) is 19.3 Å². The fourth-order valence-electron chi connectivity index (χ4n) is 3.16. The highest BCUT2D eigenvalue weighted by molar-refractivity contribution is 6.33. The molecule has 134 valence electrons. The first kappa shape index (κ1) is 18.5. The number of fused-ring (bicyclic) bond motifs is 3. The van der Waals surface area contributed by atoms with Gasteiger partial charge in [-0.25, -0.2) is 0 Å². The molecule has 0 aliphatic heterocycles. The number of nitrogens with zero attached hydrogens (tertiary/aromatic N) is 1. The SMILES string of the molecule is CC[C@@H](CO)NC[C@@H](O)Cn1c2ccc(Cl)cc2c2cc(Cl)ccc21. The number of halogens is 2. The number of aliphatic hydroxyl groups is 2. The minimum atomic E-state index is -0.578. The molecule has 0 spiro atoms. The minimum absolute atomic E-state index is 0.00501. The molecule has 0 amide bonds. The van der Waals surface area contributed by atoms with E-state index in [2.05, 4.69) is 9.88 Å². The summed E-state index contributed by atoms with van der Waals surface area (Å²) in [4.78, 5) is 0. The first-order valence-corrected chi connectivity index (χ1v) is 9.18. The van der Waals surface area contributed by atoms with Crippen LogP contribution in [0.2, 0.25) is 10.0 Å². The topological polar surface area (TPSA) is 57.4 Å². The van der Waals surface area contributed by atoms with Gasteiger partial charge in [0.25, 0.3) is 0 Å². The second-order valence-corrected chi connectivity index (χ2v) is 7.16. The molecule has 0 radical (unpaired) electrons. The van der Waals surface area contributed by atoms with Gasteiger partial charge >= 0.3 is 0 Å². The highest BCUT2D eigenvalue weighted by atomic mass is 35.5. The van der Waals surface area contributed by atoms with Crippen molar-refractivity contribution in [1.82, 2.24) is 9.88 Å². The quantitative estimate of drug-likeness (QED) is 0.583. The van der Waals surface area contributed by atoms with Gasteiger partial charge in [0, 0.05) is 44.4 Å². The van der Waals surface area contributed by atoms with Crippen LogP contribution in [-0.4, -0.2) is 40.1 Å². The molecule has 6 heteroatoms. The van der Waals surface area contributed by atoms with Crippen LogP contribution in [0, 0.1) is 0 Å². The Morgan fingerprint density at radius 1 is 1.04 bits per heavy atom. The van der Waals surface area contributed by atoms with E-state index in [9.17, 15) is 10.2 Å². The lowest BCUT2D eigenvalue weighted by molar-refractivity contribution is 0.141. The standard InChI is InChI=1S/C19H22Cl2N2O2/c1-2-14(11-24)22-9-15(25)10-23-18-5-3-12(20)7-16(18)17-8-13(21)4-6-19(17)23/h3-8,14-15,22,24-25H,2,9-11H2,1H3/t14-,15+/m0/s1. The first-order chi connectivity index (χ1) is 12.0. The highest BCUT2D eigenvalue weighted by Crippen LogP contribution is 2.32. The molecule has 0 unspecified atom stereocenters. The third-order valence-electron chi connectivity index (χ3n) is 4.54. The average molecular weight is 381 g/mol. The maximum Gasteiger partial charge on any atom is 0.0843 e. The Bertz CT molecular complexity index is 815. The summed E-state index contributed by atoms with van der Waals surface area (Å²) in [6.07, 6.45) is 0.237. The molecule has 4 nitrogen and oxygen atoms in total. The largest absolute Gasteiger partial charge is 0.395 e. The molecule has 2 atom stereocenters. The molecule has 0 aliphatic rings. The van der Waals surface area contributed by atoms with E-state index in [1.165, 1.54) is 0 Å². The van der Waals surface area contributed by atoms with Gasteiger partial charge in [0.2, 0.25) is 0 Å². The summed E-state index contributed by atoms with van der Waals surface area (Å²) in [5, 5.41) is 26.3. The second kappa shape index (κ2) is 7.94. The van der Waals surface area contributed by atoms with Crippen LogP contribution >= 0.6 is 23.2 Å². The number of nitrogens with one attached hydrogen (secondary N) is 1. The Kier molecular flexibility index (Phi) is 5.87. The monoisotopic (exact) mass is 380 g/mol. The number of aliphatic hydroxyl groups excluding tert-OH is 2. The summed E-state index contributed by atoms with van der Waals surface area (Å²) in [7, 11) is 0. The molecule has 2 aromatic carbocycles. The lowest BCUT2D eigenvalue weighted by Gasteiger charge is -2.19. The van der Waals surface area contributed by atoms with Crippen LogP contribution in [0.3, 0.4) is 0 Å². The Labute approximate surface area is 157 Å². The fourth-order valence-corrected chi connectivity index (χ4v) is 3.51. The van der Waals surface area contributed by atoms with Crippen LogP contribution in [0.25, 0.3) is 21.8 Å². The van der Waals surface area contributed by atoms with Gasteiger partial charge in [-0.1, -0.05) is 30.1 Å². The van der Waals surface area contributed by atoms with Crippen molar-refractivity contribution < 1.29 is 10.2 Å². The lowest BCUT2D eigenvalue weighted by atomic mass is 10.1. The third kappa shape index (κ3) is 3.94. The normalized spacial score (nSPS) is 14.3. The van der Waals surface area contributed by atoms with E-state index in [1.807, 2.05) is 43.3 Å². The van der Waals surface area contributed by atoms with E-state index < -0.39 is 6.10 Å². The van der Waals surface area contributed by atoms with Crippen LogP contribution < -0.4 is 5.32 Å². The molecule has 0 saturated heterocycles.